The van der Waals surface area contributed by atoms with Gasteiger partial charge in [-0.3, -0.25) is 33.6 Å². The number of thioether (sulfide) groups is 1. The van der Waals surface area contributed by atoms with Gasteiger partial charge in [-0.05, 0) is 105 Å². The van der Waals surface area contributed by atoms with Crippen molar-refractivity contribution in [2.45, 2.75) is 102 Å². The quantitative estimate of drug-likeness (QED) is 0.0890. The molecule has 81 heavy (non-hydrogen) atoms. The SMILES string of the molecule is C=C(c1ccc(F)cc1)C1CSC([C@H]2CCCN2C(=O)[C@H](NC(=O)[C@@H](C)NC)C2CCN(C(=O)CCOCCOCCC(=O)NCCn3nc4c(c3C#N)-c3cnc(N)c(n3)N3CCC[C@@H]3c3cc(F)ccc3C(=O)N(C)C4)CC2)=N1. The number of nitrogens with zero attached hydrogens (tertiary/aromatic N) is 10. The van der Waals surface area contributed by atoms with Crippen molar-refractivity contribution in [3.63, 3.8) is 0 Å². The van der Waals surface area contributed by atoms with E-state index < -0.39 is 17.9 Å². The van der Waals surface area contributed by atoms with E-state index in [2.05, 4.69) is 33.6 Å². The van der Waals surface area contributed by atoms with E-state index in [1.807, 2.05) is 9.80 Å². The molecule has 4 aromatic rings. The van der Waals surface area contributed by atoms with Crippen LogP contribution in [-0.2, 0) is 41.7 Å². The Labute approximate surface area is 474 Å². The number of likely N-dealkylation sites (tertiary alicyclic amines) is 2. The number of halogens is 2. The van der Waals surface area contributed by atoms with Gasteiger partial charge < -0.3 is 50.8 Å². The van der Waals surface area contributed by atoms with Gasteiger partial charge in [0, 0.05) is 57.5 Å². The van der Waals surface area contributed by atoms with Crippen molar-refractivity contribution in [2.24, 2.45) is 10.9 Å². The van der Waals surface area contributed by atoms with Gasteiger partial charge in [0.05, 0.1) is 98.3 Å². The van der Waals surface area contributed by atoms with Gasteiger partial charge in [-0.2, -0.15) is 10.4 Å². The molecule has 0 radical (unpaired) electrons. The van der Waals surface area contributed by atoms with E-state index in [1.54, 1.807) is 49.8 Å². The first-order valence-electron chi connectivity index (χ1n) is 27.7. The van der Waals surface area contributed by atoms with E-state index >= 15 is 0 Å². The fraction of sp³-hybridized carbons (Fsp3) is 0.509. The summed E-state index contributed by atoms with van der Waals surface area (Å²) in [6.07, 6.45) is 5.69. The van der Waals surface area contributed by atoms with Crippen LogP contribution in [0.1, 0.15) is 97.2 Å². The van der Waals surface area contributed by atoms with E-state index in [9.17, 15) is 38.0 Å². The number of nitriles is 1. The second-order valence-electron chi connectivity index (χ2n) is 21.0. The zero-order valence-electron chi connectivity index (χ0n) is 46.0. The summed E-state index contributed by atoms with van der Waals surface area (Å²) in [5.74, 6) is -0.899. The van der Waals surface area contributed by atoms with Crippen LogP contribution in [0.25, 0.3) is 16.8 Å². The number of hydrogen-bond acceptors (Lipinski definition) is 16. The first kappa shape index (κ1) is 58.3. The van der Waals surface area contributed by atoms with Crippen LogP contribution in [0.5, 0.6) is 0 Å². The third kappa shape index (κ3) is 13.4. The van der Waals surface area contributed by atoms with Crippen LogP contribution in [0.2, 0.25) is 0 Å². The molecule has 5 aliphatic rings. The van der Waals surface area contributed by atoms with Gasteiger partial charge >= 0.3 is 0 Å². The van der Waals surface area contributed by atoms with Crippen molar-refractivity contribution < 1.29 is 42.2 Å². The first-order chi connectivity index (χ1) is 39.1. The fourth-order valence-electron chi connectivity index (χ4n) is 11.3. The Morgan fingerprint density at radius 2 is 1.67 bits per heavy atom. The molecule has 3 fully saturated rings. The lowest BCUT2D eigenvalue weighted by Gasteiger charge is -2.38. The molecular weight excluding hydrogens is 1060 g/mol. The Kier molecular flexibility index (Phi) is 19.1. The molecule has 24 heteroatoms. The lowest BCUT2D eigenvalue weighted by Crippen LogP contribution is -2.58. The predicted octanol–water partition coefficient (Wildman–Crippen LogP) is 4.48. The van der Waals surface area contributed by atoms with Crippen LogP contribution < -0.4 is 26.6 Å². The Morgan fingerprint density at radius 1 is 0.951 bits per heavy atom. The van der Waals surface area contributed by atoms with E-state index in [0.717, 1.165) is 35.4 Å². The van der Waals surface area contributed by atoms with Gasteiger partial charge in [-0.1, -0.05) is 18.7 Å². The van der Waals surface area contributed by atoms with Crippen LogP contribution in [0.15, 0.2) is 60.2 Å². The van der Waals surface area contributed by atoms with E-state index in [0.29, 0.717) is 85.1 Å². The number of carbonyl (C=O) groups is 5. The summed E-state index contributed by atoms with van der Waals surface area (Å²) in [6.45, 7) is 8.90. The molecule has 9 rings (SSSR count). The standard InChI is InChI=1S/C57H70F2N14O7S/c1-34(36-9-11-38(58)12-10-36)44-33-81-55(66-44)46-8-6-21-72(46)57(78)51(67-54(76)35(2)62-3)37-15-22-70(23-16-37)49(75)18-26-80-28-27-79-25-17-48(74)63-19-24-73-47(30-60)50-42-31-64-52(61)53(65-42)71-20-5-7-45(71)41-29-39(59)13-14-40(41)56(77)69(4)32-43(50)68-73/h9-14,29,31,35,37,44-46,51,62H,1,5-8,15-28,32-33H2,2-4H3,(H2,61,64)(H,63,74)(H,67,76)/t35-,44?,45-,46-,51-/m1/s1. The van der Waals surface area contributed by atoms with Crippen molar-refractivity contribution in [3.8, 4) is 17.3 Å². The second-order valence-corrected chi connectivity index (χ2v) is 22.1. The van der Waals surface area contributed by atoms with E-state index in [-0.39, 0.29) is 130 Å². The maximum absolute atomic E-state index is 14.7. The van der Waals surface area contributed by atoms with Crippen molar-refractivity contribution in [2.75, 3.05) is 89.6 Å². The molecule has 430 valence electrons. The van der Waals surface area contributed by atoms with Gasteiger partial charge in [-0.25, -0.2) is 18.7 Å². The number of rotatable bonds is 20. The predicted molar refractivity (Wildman–Crippen MR) is 301 cm³/mol. The Bertz CT molecular complexity index is 3070. The first-order valence-corrected chi connectivity index (χ1v) is 28.7. The molecule has 5 aliphatic heterocycles. The molecule has 3 saturated heterocycles. The van der Waals surface area contributed by atoms with Crippen molar-refractivity contribution in [1.82, 2.24) is 50.4 Å². The van der Waals surface area contributed by atoms with Crippen molar-refractivity contribution in [1.29, 1.82) is 5.26 Å². The number of likely N-dealkylation sites (N-methyl/N-ethyl adjacent to an activating group) is 1. The summed E-state index contributed by atoms with van der Waals surface area (Å²) in [5.41, 5.74) is 10.2. The van der Waals surface area contributed by atoms with Crippen LogP contribution in [0, 0.1) is 28.9 Å². The number of carbonyl (C=O) groups excluding carboxylic acids is 5. The average Bonchev–Trinajstić information content (AvgIpc) is 4.47. The number of aliphatic imine (C=N–C) groups is 1. The van der Waals surface area contributed by atoms with Crippen LogP contribution in [0.3, 0.4) is 0 Å². The number of piperidine rings is 1. The summed E-state index contributed by atoms with van der Waals surface area (Å²) in [4.78, 5) is 89.4. The zero-order valence-corrected chi connectivity index (χ0v) is 46.8. The smallest absolute Gasteiger partial charge is 0.254 e. The van der Waals surface area contributed by atoms with Gasteiger partial charge in [0.15, 0.2) is 11.6 Å². The third-order valence-electron chi connectivity index (χ3n) is 15.8. The molecule has 2 aromatic carbocycles. The molecular formula is C57H70F2N14O7S. The highest BCUT2D eigenvalue weighted by atomic mass is 32.2. The number of ether oxygens (including phenoxy) is 2. The summed E-state index contributed by atoms with van der Waals surface area (Å²) >= 11 is 1.61. The minimum atomic E-state index is -0.777. The topological polar surface area (TPSA) is 259 Å². The number of aromatic nitrogens is 4. The Balaban J connectivity index is 0.706. The molecule has 5 N–H and O–H groups in total. The number of nitrogen functional groups attached to an aromatic ring is 1. The number of amides is 5. The molecule has 0 saturated carbocycles. The second kappa shape index (κ2) is 26.5. The highest BCUT2D eigenvalue weighted by Gasteiger charge is 2.43. The molecule has 7 heterocycles. The molecule has 0 spiro atoms. The van der Waals surface area contributed by atoms with E-state index in [1.165, 1.54) is 46.1 Å². The number of nitrogens with one attached hydrogen (secondary N) is 3. The maximum Gasteiger partial charge on any atom is 0.254 e. The number of anilines is 2. The average molecular weight is 1130 g/mol. The summed E-state index contributed by atoms with van der Waals surface area (Å²) in [6, 6.07) is 10.5. The highest BCUT2D eigenvalue weighted by molar-refractivity contribution is 8.14. The minimum Gasteiger partial charge on any atom is -0.381 e. The van der Waals surface area contributed by atoms with E-state index in [4.69, 9.17) is 30.3 Å². The fourth-order valence-corrected chi connectivity index (χ4v) is 12.5. The third-order valence-corrected chi connectivity index (χ3v) is 17.0. The van der Waals surface area contributed by atoms with Crippen LogP contribution >= 0.6 is 11.8 Å². The monoisotopic (exact) mass is 1130 g/mol. The molecule has 2 bridgehead atoms. The lowest BCUT2D eigenvalue weighted by atomic mass is 9.88. The molecule has 1 unspecified atom stereocenters. The Hall–Kier alpha value is -7.33. The largest absolute Gasteiger partial charge is 0.381 e. The normalized spacial score (nSPS) is 19.8. The maximum atomic E-state index is 14.7. The number of hydrogen-bond donors (Lipinski definition) is 4. The van der Waals surface area contributed by atoms with Crippen LogP contribution in [-0.4, -0.2) is 172 Å². The molecule has 5 amide bonds. The van der Waals surface area contributed by atoms with Crippen molar-refractivity contribution >= 4 is 63.6 Å². The highest BCUT2D eigenvalue weighted by Crippen LogP contribution is 2.41. The molecule has 21 nitrogen and oxygen atoms in total. The van der Waals surface area contributed by atoms with Crippen molar-refractivity contribution in [3.05, 3.63) is 95.0 Å². The molecule has 2 aromatic heterocycles. The molecule has 0 aliphatic carbocycles. The minimum absolute atomic E-state index is 0.00341. The Morgan fingerprint density at radius 3 is 2.41 bits per heavy atom. The van der Waals surface area contributed by atoms with Gasteiger partial charge in [0.25, 0.3) is 5.91 Å². The van der Waals surface area contributed by atoms with Gasteiger partial charge in [0.1, 0.15) is 29.4 Å². The van der Waals surface area contributed by atoms with Gasteiger partial charge in [-0.15, -0.1) is 11.8 Å². The summed E-state index contributed by atoms with van der Waals surface area (Å²) in [7, 11) is 3.31. The zero-order chi connectivity index (χ0) is 57.3. The number of fused-ring (bicyclic) bond motifs is 8. The summed E-state index contributed by atoms with van der Waals surface area (Å²) < 4.78 is 41.2. The number of benzene rings is 2. The van der Waals surface area contributed by atoms with Gasteiger partial charge in [0.2, 0.25) is 23.6 Å². The molecule has 5 atom stereocenters. The van der Waals surface area contributed by atoms with Crippen LogP contribution in [0.4, 0.5) is 20.4 Å². The summed E-state index contributed by atoms with van der Waals surface area (Å²) in [5, 5.41) is 25.0. The number of nitrogens with two attached hydrogens (primary N) is 1. The lowest BCUT2D eigenvalue weighted by molar-refractivity contribution is -0.140.